The third-order valence-electron chi connectivity index (χ3n) is 5.53. The molecule has 0 aliphatic carbocycles. The smallest absolute Gasteiger partial charge is 0.182 e. The van der Waals surface area contributed by atoms with Gasteiger partial charge in [0.05, 0.1) is 25.5 Å². The lowest BCUT2D eigenvalue weighted by Gasteiger charge is -2.05. The van der Waals surface area contributed by atoms with Gasteiger partial charge in [-0.1, -0.05) is 45.4 Å². The van der Waals surface area contributed by atoms with Crippen LogP contribution in [-0.2, 0) is 6.54 Å². The number of furan rings is 1. The fraction of sp³-hybridized carbons (Fsp3) is 0.417. The standard InChI is InChI=1S/C14H23N5.C10H9N5O/c1-2-3-4-5-6-7-8-9-15-13-12-14(17-10-16-12)19-11-18-13;1-2-7(16-3-1)4-11-9-8-10(13-5-12-8)15-6-14-9/h10-11H,2-9H2,1H3,(H2,15,16,17,18,19);1-3,5-6H,4H2,(H2,11,12,13,14,15). The first kappa shape index (κ1) is 24.1. The Hall–Kier alpha value is -4.02. The largest absolute Gasteiger partial charge is 0.467 e. The number of nitrogens with one attached hydrogen (secondary N) is 4. The van der Waals surface area contributed by atoms with Gasteiger partial charge in [-0.3, -0.25) is 0 Å². The van der Waals surface area contributed by atoms with Crippen LogP contribution < -0.4 is 10.6 Å². The quantitative estimate of drug-likeness (QED) is 0.181. The van der Waals surface area contributed by atoms with E-state index in [1.54, 1.807) is 25.2 Å². The van der Waals surface area contributed by atoms with E-state index in [-0.39, 0.29) is 0 Å². The van der Waals surface area contributed by atoms with Crippen molar-refractivity contribution in [3.8, 4) is 0 Å². The van der Waals surface area contributed by atoms with Crippen molar-refractivity contribution in [3.63, 3.8) is 0 Å². The van der Waals surface area contributed by atoms with Crippen molar-refractivity contribution in [3.05, 3.63) is 49.5 Å². The van der Waals surface area contributed by atoms with Gasteiger partial charge in [-0.05, 0) is 18.6 Å². The number of nitrogens with zero attached hydrogens (tertiary/aromatic N) is 6. The number of unbranched alkanes of at least 4 members (excludes halogenated alkanes) is 6. The van der Waals surface area contributed by atoms with Gasteiger partial charge < -0.3 is 25.0 Å². The van der Waals surface area contributed by atoms with E-state index in [1.807, 2.05) is 12.1 Å². The first-order valence-electron chi connectivity index (χ1n) is 12.1. The van der Waals surface area contributed by atoms with Gasteiger partial charge in [0.2, 0.25) is 0 Å². The minimum absolute atomic E-state index is 0.581. The van der Waals surface area contributed by atoms with E-state index in [0.29, 0.717) is 12.2 Å². The maximum atomic E-state index is 5.22. The first-order chi connectivity index (χ1) is 17.3. The Morgan fingerprint density at radius 2 is 1.37 bits per heavy atom. The highest BCUT2D eigenvalue weighted by atomic mass is 16.3. The number of aromatic amines is 2. The zero-order valence-corrected chi connectivity index (χ0v) is 20.0. The van der Waals surface area contributed by atoms with Crippen LogP contribution in [0.3, 0.4) is 0 Å². The average Bonchev–Trinajstić information content (AvgIpc) is 3.66. The van der Waals surface area contributed by atoms with E-state index in [2.05, 4.69) is 57.4 Å². The third-order valence-corrected chi connectivity index (χ3v) is 5.53. The summed E-state index contributed by atoms with van der Waals surface area (Å²) in [5.41, 5.74) is 3.06. The molecule has 0 spiro atoms. The van der Waals surface area contributed by atoms with Gasteiger partial charge >= 0.3 is 0 Å². The highest BCUT2D eigenvalue weighted by molar-refractivity contribution is 5.82. The van der Waals surface area contributed by atoms with Crippen molar-refractivity contribution in [1.29, 1.82) is 0 Å². The van der Waals surface area contributed by atoms with E-state index in [1.165, 1.54) is 51.3 Å². The van der Waals surface area contributed by atoms with Gasteiger partial charge in [0.25, 0.3) is 0 Å². The Bertz CT molecular complexity index is 1260. The van der Waals surface area contributed by atoms with Crippen LogP contribution in [0.5, 0.6) is 0 Å². The summed E-state index contributed by atoms with van der Waals surface area (Å²) >= 11 is 0. The topological polar surface area (TPSA) is 146 Å². The number of imidazole rings is 2. The summed E-state index contributed by atoms with van der Waals surface area (Å²) in [6.07, 6.45) is 17.2. The summed E-state index contributed by atoms with van der Waals surface area (Å²) < 4.78 is 5.22. The molecular weight excluding hydrogens is 444 g/mol. The van der Waals surface area contributed by atoms with Crippen molar-refractivity contribution < 1.29 is 4.42 Å². The third kappa shape index (κ3) is 6.98. The molecular formula is C24H32N10O. The number of anilines is 2. The van der Waals surface area contributed by atoms with Crippen molar-refractivity contribution in [2.75, 3.05) is 17.2 Å². The SMILES string of the molecule is CCCCCCCCCNc1ncnc2nc[nH]c12.c1coc(CNc2ncnc3nc[nH]c23)c1. The minimum Gasteiger partial charge on any atom is -0.467 e. The van der Waals surface area contributed by atoms with Gasteiger partial charge in [-0.25, -0.2) is 29.9 Å². The lowest BCUT2D eigenvalue weighted by molar-refractivity contribution is 0.518. The maximum absolute atomic E-state index is 5.22. The molecule has 0 aliphatic heterocycles. The van der Waals surface area contributed by atoms with Gasteiger partial charge in [0, 0.05) is 6.54 Å². The number of fused-ring (bicyclic) bond motifs is 2. The minimum atomic E-state index is 0.581. The molecule has 0 fully saturated rings. The van der Waals surface area contributed by atoms with E-state index in [4.69, 9.17) is 4.42 Å². The molecule has 5 rings (SSSR count). The summed E-state index contributed by atoms with van der Waals surface area (Å²) in [6.45, 7) is 3.79. The lowest BCUT2D eigenvalue weighted by atomic mass is 10.1. The van der Waals surface area contributed by atoms with E-state index < -0.39 is 0 Å². The highest BCUT2D eigenvalue weighted by Crippen LogP contribution is 2.16. The summed E-state index contributed by atoms with van der Waals surface area (Å²) in [7, 11) is 0. The van der Waals surface area contributed by atoms with Crippen LogP contribution in [0, 0.1) is 0 Å². The maximum Gasteiger partial charge on any atom is 0.182 e. The molecule has 11 heteroatoms. The van der Waals surface area contributed by atoms with E-state index >= 15 is 0 Å². The Kier molecular flexibility index (Phi) is 8.97. The summed E-state index contributed by atoms with van der Waals surface area (Å²) in [5.74, 6) is 2.43. The second-order valence-electron chi connectivity index (χ2n) is 8.13. The molecule has 184 valence electrons. The normalized spacial score (nSPS) is 10.9. The molecule has 0 atom stereocenters. The lowest BCUT2D eigenvalue weighted by Crippen LogP contribution is -2.04. The van der Waals surface area contributed by atoms with Crippen molar-refractivity contribution >= 4 is 34.0 Å². The van der Waals surface area contributed by atoms with Crippen LogP contribution in [0.15, 0.2) is 48.1 Å². The summed E-state index contributed by atoms with van der Waals surface area (Å²) in [6, 6.07) is 3.75. The number of hydrogen-bond acceptors (Lipinski definition) is 9. The Morgan fingerprint density at radius 3 is 2.00 bits per heavy atom. The predicted molar refractivity (Wildman–Crippen MR) is 136 cm³/mol. The van der Waals surface area contributed by atoms with Gasteiger partial charge in [-0.15, -0.1) is 0 Å². The molecule has 0 bridgehead atoms. The molecule has 0 saturated carbocycles. The molecule has 5 aromatic heterocycles. The van der Waals surface area contributed by atoms with Gasteiger partial charge in [0.1, 0.15) is 29.4 Å². The number of H-pyrrole nitrogens is 2. The number of hydrogen-bond donors (Lipinski definition) is 4. The molecule has 0 saturated heterocycles. The molecule has 5 aromatic rings. The van der Waals surface area contributed by atoms with Crippen molar-refractivity contribution in [2.45, 2.75) is 58.4 Å². The van der Waals surface area contributed by atoms with Gasteiger partial charge in [-0.2, -0.15) is 0 Å². The fourth-order valence-corrected chi connectivity index (χ4v) is 3.67. The molecule has 0 aliphatic rings. The second-order valence-corrected chi connectivity index (χ2v) is 8.13. The Morgan fingerprint density at radius 1 is 0.743 bits per heavy atom. The fourth-order valence-electron chi connectivity index (χ4n) is 3.67. The van der Waals surface area contributed by atoms with Crippen LogP contribution in [0.2, 0.25) is 0 Å². The average molecular weight is 477 g/mol. The Balaban J connectivity index is 0.000000167. The monoisotopic (exact) mass is 476 g/mol. The summed E-state index contributed by atoms with van der Waals surface area (Å²) in [5, 5.41) is 6.51. The molecule has 0 unspecified atom stereocenters. The van der Waals surface area contributed by atoms with Crippen LogP contribution in [0.4, 0.5) is 11.6 Å². The van der Waals surface area contributed by atoms with Crippen LogP contribution >= 0.6 is 0 Å². The van der Waals surface area contributed by atoms with Gasteiger partial charge in [0.15, 0.2) is 22.9 Å². The van der Waals surface area contributed by atoms with Crippen molar-refractivity contribution in [1.82, 2.24) is 39.9 Å². The molecule has 0 radical (unpaired) electrons. The van der Waals surface area contributed by atoms with Crippen molar-refractivity contribution in [2.24, 2.45) is 0 Å². The van der Waals surface area contributed by atoms with E-state index in [9.17, 15) is 0 Å². The first-order valence-corrected chi connectivity index (χ1v) is 12.1. The second kappa shape index (κ2) is 13.0. The highest BCUT2D eigenvalue weighted by Gasteiger charge is 2.06. The Labute approximate surface area is 203 Å². The van der Waals surface area contributed by atoms with Crippen LogP contribution in [-0.4, -0.2) is 46.4 Å². The zero-order valence-electron chi connectivity index (χ0n) is 20.0. The van der Waals surface area contributed by atoms with Crippen LogP contribution in [0.25, 0.3) is 22.3 Å². The molecule has 0 aromatic carbocycles. The predicted octanol–water partition coefficient (Wildman–Crippen LogP) is 5.07. The molecule has 11 nitrogen and oxygen atoms in total. The van der Waals surface area contributed by atoms with Crippen LogP contribution in [0.1, 0.15) is 57.6 Å². The molecule has 35 heavy (non-hydrogen) atoms. The number of aromatic nitrogens is 8. The molecule has 0 amide bonds. The molecule has 4 N–H and O–H groups in total. The zero-order chi connectivity index (χ0) is 24.1. The summed E-state index contributed by atoms with van der Waals surface area (Å²) in [4.78, 5) is 30.7. The molecule has 5 heterocycles. The number of rotatable bonds is 12. The van der Waals surface area contributed by atoms with E-state index in [0.717, 1.165) is 40.6 Å².